The van der Waals surface area contributed by atoms with E-state index in [1.54, 1.807) is 17.0 Å². The van der Waals surface area contributed by atoms with E-state index in [1.807, 2.05) is 12.1 Å². The lowest BCUT2D eigenvalue weighted by atomic mass is 10.1. The lowest BCUT2D eigenvalue weighted by Gasteiger charge is -2.25. The number of carbonyl (C=O) groups excluding carboxylic acids is 2. The molecule has 3 rings (SSSR count). The molecule has 1 aliphatic heterocycles. The number of rotatable bonds is 5. The van der Waals surface area contributed by atoms with Crippen molar-refractivity contribution in [3.63, 3.8) is 0 Å². The summed E-state index contributed by atoms with van der Waals surface area (Å²) in [5, 5.41) is 14.3. The molecule has 1 aliphatic rings. The number of benzene rings is 2. The largest absolute Gasteiger partial charge is 0.340 e. The van der Waals surface area contributed by atoms with Gasteiger partial charge in [0.1, 0.15) is 6.04 Å². The molecule has 1 N–H and O–H groups in total. The van der Waals surface area contributed by atoms with Gasteiger partial charge in [0, 0.05) is 35.8 Å². The van der Waals surface area contributed by atoms with Crippen LogP contribution in [-0.2, 0) is 11.3 Å². The quantitative estimate of drug-likeness (QED) is 0.612. The Kier molecular flexibility index (Phi) is 6.26. The van der Waals surface area contributed by atoms with Crippen LogP contribution in [-0.4, -0.2) is 34.2 Å². The Bertz CT molecular complexity index is 885. The fraction of sp³-hybridized carbons (Fsp3) is 0.300. The third-order valence-corrected chi connectivity index (χ3v) is 4.94. The molecule has 1 saturated heterocycles. The fourth-order valence-electron chi connectivity index (χ4n) is 3.21. The number of amides is 2. The number of hydrogen-bond donors (Lipinski definition) is 1. The SMILES string of the molecule is O=C(NC1CCCCN(Cc2ccc(Cl)cc2)C1=O)c1cccc([N+](=O)[O-])c1. The molecular weight excluding hydrogens is 382 g/mol. The average Bonchev–Trinajstić information content (AvgIpc) is 2.86. The molecule has 1 heterocycles. The van der Waals surface area contributed by atoms with Crippen molar-refractivity contribution >= 4 is 29.1 Å². The summed E-state index contributed by atoms with van der Waals surface area (Å²) >= 11 is 5.91. The molecule has 1 atom stereocenters. The topological polar surface area (TPSA) is 92.6 Å². The van der Waals surface area contributed by atoms with Crippen LogP contribution in [0.5, 0.6) is 0 Å². The van der Waals surface area contributed by atoms with Gasteiger partial charge in [-0.05, 0) is 43.0 Å². The summed E-state index contributed by atoms with van der Waals surface area (Å²) < 4.78 is 0. The standard InChI is InChI=1S/C20H20ClN3O4/c21-16-9-7-14(8-10-16)13-23-11-2-1-6-18(20(23)26)22-19(25)15-4-3-5-17(12-15)24(27)28/h3-5,7-10,12,18H,1-2,6,11,13H2,(H,22,25). The maximum absolute atomic E-state index is 12.9. The van der Waals surface area contributed by atoms with E-state index in [0.29, 0.717) is 24.5 Å². The van der Waals surface area contributed by atoms with Crippen molar-refractivity contribution in [2.24, 2.45) is 0 Å². The van der Waals surface area contributed by atoms with E-state index in [-0.39, 0.29) is 17.2 Å². The maximum Gasteiger partial charge on any atom is 0.270 e. The minimum Gasteiger partial charge on any atom is -0.340 e. The van der Waals surface area contributed by atoms with E-state index >= 15 is 0 Å². The van der Waals surface area contributed by atoms with E-state index in [0.717, 1.165) is 18.4 Å². The Hall–Kier alpha value is -2.93. The molecule has 2 aromatic carbocycles. The summed E-state index contributed by atoms with van der Waals surface area (Å²) in [7, 11) is 0. The average molecular weight is 402 g/mol. The molecule has 0 spiro atoms. The van der Waals surface area contributed by atoms with Crippen LogP contribution in [0, 0.1) is 10.1 Å². The van der Waals surface area contributed by atoms with E-state index in [4.69, 9.17) is 11.6 Å². The molecule has 28 heavy (non-hydrogen) atoms. The highest BCUT2D eigenvalue weighted by Crippen LogP contribution is 2.18. The van der Waals surface area contributed by atoms with Crippen molar-refractivity contribution in [2.45, 2.75) is 31.8 Å². The summed E-state index contributed by atoms with van der Waals surface area (Å²) in [5.41, 5.74) is 0.961. The van der Waals surface area contributed by atoms with E-state index in [2.05, 4.69) is 5.32 Å². The zero-order valence-electron chi connectivity index (χ0n) is 15.1. The Morgan fingerprint density at radius 3 is 2.68 bits per heavy atom. The smallest absolute Gasteiger partial charge is 0.270 e. The normalized spacial score (nSPS) is 17.1. The summed E-state index contributed by atoms with van der Waals surface area (Å²) in [6, 6.07) is 12.1. The van der Waals surface area contributed by atoms with Gasteiger partial charge in [-0.1, -0.05) is 29.8 Å². The highest BCUT2D eigenvalue weighted by Gasteiger charge is 2.28. The van der Waals surface area contributed by atoms with Crippen LogP contribution in [0.3, 0.4) is 0 Å². The number of nitrogens with one attached hydrogen (secondary N) is 1. The Balaban J connectivity index is 1.71. The molecule has 146 valence electrons. The summed E-state index contributed by atoms with van der Waals surface area (Å²) in [6.07, 6.45) is 2.20. The lowest BCUT2D eigenvalue weighted by Crippen LogP contribution is -2.47. The monoisotopic (exact) mass is 401 g/mol. The minimum absolute atomic E-state index is 0.147. The molecule has 2 aromatic rings. The minimum atomic E-state index is -0.651. The first-order chi connectivity index (χ1) is 13.4. The van der Waals surface area contributed by atoms with Crippen LogP contribution in [0.25, 0.3) is 0 Å². The molecule has 0 aliphatic carbocycles. The maximum atomic E-state index is 12.9. The predicted octanol–water partition coefficient (Wildman–Crippen LogP) is 3.56. The van der Waals surface area contributed by atoms with Gasteiger partial charge in [0.2, 0.25) is 5.91 Å². The van der Waals surface area contributed by atoms with Gasteiger partial charge in [-0.25, -0.2) is 0 Å². The number of likely N-dealkylation sites (tertiary alicyclic amines) is 1. The number of non-ortho nitro benzene ring substituents is 1. The molecule has 1 unspecified atom stereocenters. The van der Waals surface area contributed by atoms with Gasteiger partial charge in [-0.15, -0.1) is 0 Å². The second-order valence-corrected chi connectivity index (χ2v) is 7.15. The highest BCUT2D eigenvalue weighted by atomic mass is 35.5. The number of hydrogen-bond acceptors (Lipinski definition) is 4. The first-order valence-corrected chi connectivity index (χ1v) is 9.40. The van der Waals surface area contributed by atoms with Crippen LogP contribution in [0.1, 0.15) is 35.2 Å². The third kappa shape index (κ3) is 4.86. The molecule has 0 radical (unpaired) electrons. The number of nitro groups is 1. The number of nitrogens with zero attached hydrogens (tertiary/aromatic N) is 2. The first kappa shape index (κ1) is 19.8. The van der Waals surface area contributed by atoms with Crippen molar-refractivity contribution < 1.29 is 14.5 Å². The van der Waals surface area contributed by atoms with Gasteiger partial charge in [0.05, 0.1) is 4.92 Å². The van der Waals surface area contributed by atoms with Gasteiger partial charge in [0.25, 0.3) is 11.6 Å². The summed E-state index contributed by atoms with van der Waals surface area (Å²) in [4.78, 5) is 37.5. The molecule has 8 heteroatoms. The molecule has 1 fully saturated rings. The second kappa shape index (κ2) is 8.84. The van der Waals surface area contributed by atoms with Crippen molar-refractivity contribution in [3.05, 3.63) is 74.8 Å². The zero-order valence-corrected chi connectivity index (χ0v) is 15.9. The van der Waals surface area contributed by atoms with Gasteiger partial charge < -0.3 is 10.2 Å². The van der Waals surface area contributed by atoms with E-state index in [9.17, 15) is 19.7 Å². The molecular formula is C20H20ClN3O4. The predicted molar refractivity (Wildman–Crippen MR) is 105 cm³/mol. The van der Waals surface area contributed by atoms with Crippen molar-refractivity contribution in [2.75, 3.05) is 6.54 Å². The number of nitro benzene ring substituents is 1. The van der Waals surface area contributed by atoms with Crippen LogP contribution < -0.4 is 5.32 Å². The van der Waals surface area contributed by atoms with Gasteiger partial charge >= 0.3 is 0 Å². The molecule has 7 nitrogen and oxygen atoms in total. The molecule has 0 bridgehead atoms. The third-order valence-electron chi connectivity index (χ3n) is 4.69. The Labute approximate surface area is 167 Å². The van der Waals surface area contributed by atoms with Crippen molar-refractivity contribution in [3.8, 4) is 0 Å². The lowest BCUT2D eigenvalue weighted by molar-refractivity contribution is -0.384. The fourth-order valence-corrected chi connectivity index (χ4v) is 3.33. The second-order valence-electron chi connectivity index (χ2n) is 6.72. The number of halogens is 1. The highest BCUT2D eigenvalue weighted by molar-refractivity contribution is 6.30. The molecule has 2 amide bonds. The van der Waals surface area contributed by atoms with Crippen molar-refractivity contribution in [1.82, 2.24) is 10.2 Å². The summed E-state index contributed by atoms with van der Waals surface area (Å²) in [6.45, 7) is 1.06. The Morgan fingerprint density at radius 2 is 1.96 bits per heavy atom. The number of carbonyl (C=O) groups is 2. The first-order valence-electron chi connectivity index (χ1n) is 9.02. The van der Waals surface area contributed by atoms with E-state index < -0.39 is 16.9 Å². The van der Waals surface area contributed by atoms with Crippen molar-refractivity contribution in [1.29, 1.82) is 0 Å². The van der Waals surface area contributed by atoms with Gasteiger partial charge in [0.15, 0.2) is 0 Å². The van der Waals surface area contributed by atoms with Crippen LogP contribution in [0.2, 0.25) is 5.02 Å². The van der Waals surface area contributed by atoms with Crippen LogP contribution >= 0.6 is 11.6 Å². The van der Waals surface area contributed by atoms with E-state index in [1.165, 1.54) is 24.3 Å². The van der Waals surface area contributed by atoms with Crippen LogP contribution in [0.4, 0.5) is 5.69 Å². The Morgan fingerprint density at radius 1 is 1.21 bits per heavy atom. The molecule has 0 aromatic heterocycles. The molecule has 0 saturated carbocycles. The van der Waals surface area contributed by atoms with Gasteiger partial charge in [-0.2, -0.15) is 0 Å². The van der Waals surface area contributed by atoms with Gasteiger partial charge in [-0.3, -0.25) is 19.7 Å². The zero-order chi connectivity index (χ0) is 20.1. The summed E-state index contributed by atoms with van der Waals surface area (Å²) in [5.74, 6) is -0.637. The van der Waals surface area contributed by atoms with Crippen LogP contribution in [0.15, 0.2) is 48.5 Å².